The standard InChI is InChI=1S/C15H20Br3NO/c1-5-9(3)19(10(4)6-2)15(20)12-7-11(16)8-13(17)14(12)18/h7-10H,5-6H2,1-4H3. The SMILES string of the molecule is CCC(C)N(C(=O)c1cc(Br)cc(Br)c1Br)C(C)CC. The summed E-state index contributed by atoms with van der Waals surface area (Å²) < 4.78 is 2.58. The van der Waals surface area contributed by atoms with E-state index in [4.69, 9.17) is 0 Å². The Morgan fingerprint density at radius 2 is 1.60 bits per heavy atom. The lowest BCUT2D eigenvalue weighted by Crippen LogP contribution is -2.44. The van der Waals surface area contributed by atoms with Gasteiger partial charge in [0.05, 0.1) is 5.56 Å². The van der Waals surface area contributed by atoms with Crippen LogP contribution in [0.3, 0.4) is 0 Å². The van der Waals surface area contributed by atoms with Crippen molar-refractivity contribution >= 4 is 53.7 Å². The van der Waals surface area contributed by atoms with E-state index in [0.717, 1.165) is 26.3 Å². The topological polar surface area (TPSA) is 20.3 Å². The van der Waals surface area contributed by atoms with Crippen LogP contribution in [0.25, 0.3) is 0 Å². The molecule has 0 fully saturated rings. The molecular weight excluding hydrogens is 450 g/mol. The predicted octanol–water partition coefficient (Wildman–Crippen LogP) is 6.01. The van der Waals surface area contributed by atoms with E-state index in [-0.39, 0.29) is 18.0 Å². The van der Waals surface area contributed by atoms with E-state index in [0.29, 0.717) is 5.56 Å². The molecule has 0 N–H and O–H groups in total. The van der Waals surface area contributed by atoms with Gasteiger partial charge in [-0.1, -0.05) is 29.8 Å². The van der Waals surface area contributed by atoms with E-state index in [9.17, 15) is 4.79 Å². The van der Waals surface area contributed by atoms with Crippen molar-refractivity contribution in [2.24, 2.45) is 0 Å². The van der Waals surface area contributed by atoms with Crippen LogP contribution >= 0.6 is 47.8 Å². The number of halogens is 3. The highest BCUT2D eigenvalue weighted by Crippen LogP contribution is 2.32. The first-order valence-electron chi connectivity index (χ1n) is 6.80. The highest BCUT2D eigenvalue weighted by Gasteiger charge is 2.26. The van der Waals surface area contributed by atoms with Crippen LogP contribution in [-0.4, -0.2) is 22.9 Å². The van der Waals surface area contributed by atoms with E-state index >= 15 is 0 Å². The number of carbonyl (C=O) groups excluding carboxylic acids is 1. The smallest absolute Gasteiger partial charge is 0.255 e. The maximum atomic E-state index is 12.9. The van der Waals surface area contributed by atoms with Gasteiger partial charge in [0.15, 0.2) is 0 Å². The summed E-state index contributed by atoms with van der Waals surface area (Å²) in [6, 6.07) is 4.25. The second-order valence-electron chi connectivity index (χ2n) is 4.98. The van der Waals surface area contributed by atoms with Crippen molar-refractivity contribution in [3.63, 3.8) is 0 Å². The fraction of sp³-hybridized carbons (Fsp3) is 0.533. The van der Waals surface area contributed by atoms with Crippen LogP contribution in [0.5, 0.6) is 0 Å². The lowest BCUT2D eigenvalue weighted by atomic mass is 10.1. The summed E-state index contributed by atoms with van der Waals surface area (Å²) in [6.07, 6.45) is 1.89. The summed E-state index contributed by atoms with van der Waals surface area (Å²) >= 11 is 10.4. The lowest BCUT2D eigenvalue weighted by molar-refractivity contribution is 0.0597. The van der Waals surface area contributed by atoms with E-state index in [1.807, 2.05) is 17.0 Å². The van der Waals surface area contributed by atoms with Gasteiger partial charge in [0, 0.05) is 25.5 Å². The molecule has 0 bridgehead atoms. The molecule has 0 aliphatic carbocycles. The molecule has 1 aromatic rings. The second kappa shape index (κ2) is 7.95. The summed E-state index contributed by atoms with van der Waals surface area (Å²) in [6.45, 7) is 8.42. The van der Waals surface area contributed by atoms with Crippen molar-refractivity contribution in [3.8, 4) is 0 Å². The molecule has 0 spiro atoms. The molecule has 20 heavy (non-hydrogen) atoms. The highest BCUT2D eigenvalue weighted by atomic mass is 79.9. The van der Waals surface area contributed by atoms with Crippen LogP contribution < -0.4 is 0 Å². The fourth-order valence-corrected chi connectivity index (χ4v) is 3.70. The van der Waals surface area contributed by atoms with E-state index in [2.05, 4.69) is 75.5 Å². The summed E-state index contributed by atoms with van der Waals surface area (Å²) in [4.78, 5) is 14.9. The number of nitrogens with zero attached hydrogens (tertiary/aromatic N) is 1. The number of carbonyl (C=O) groups is 1. The van der Waals surface area contributed by atoms with Gasteiger partial charge >= 0.3 is 0 Å². The Labute approximate surface area is 146 Å². The highest BCUT2D eigenvalue weighted by molar-refractivity contribution is 9.13. The maximum Gasteiger partial charge on any atom is 0.255 e. The van der Waals surface area contributed by atoms with Crippen LogP contribution in [0.1, 0.15) is 50.9 Å². The third-order valence-electron chi connectivity index (χ3n) is 3.59. The fourth-order valence-electron chi connectivity index (χ4n) is 2.08. The van der Waals surface area contributed by atoms with Crippen molar-refractivity contribution in [1.82, 2.24) is 4.90 Å². The van der Waals surface area contributed by atoms with Gasteiger partial charge in [0.25, 0.3) is 5.91 Å². The van der Waals surface area contributed by atoms with Crippen LogP contribution in [0.2, 0.25) is 0 Å². The van der Waals surface area contributed by atoms with Crippen molar-refractivity contribution in [2.75, 3.05) is 0 Å². The summed E-state index contributed by atoms with van der Waals surface area (Å²) in [5, 5.41) is 0. The summed E-state index contributed by atoms with van der Waals surface area (Å²) in [5.41, 5.74) is 0.687. The van der Waals surface area contributed by atoms with Gasteiger partial charge in [-0.3, -0.25) is 4.79 Å². The van der Waals surface area contributed by atoms with E-state index < -0.39 is 0 Å². The number of amides is 1. The average Bonchev–Trinajstić information content (AvgIpc) is 2.42. The van der Waals surface area contributed by atoms with Gasteiger partial charge in [0.2, 0.25) is 0 Å². The van der Waals surface area contributed by atoms with Crippen LogP contribution in [0, 0.1) is 0 Å². The third-order valence-corrected chi connectivity index (χ3v) is 6.06. The quantitative estimate of drug-likeness (QED) is 0.483. The molecule has 1 aromatic carbocycles. The van der Waals surface area contributed by atoms with Gasteiger partial charge in [-0.25, -0.2) is 0 Å². The Balaban J connectivity index is 3.25. The Hall–Kier alpha value is 0.130. The van der Waals surface area contributed by atoms with Gasteiger partial charge in [-0.05, 0) is 70.7 Å². The van der Waals surface area contributed by atoms with Gasteiger partial charge in [-0.15, -0.1) is 0 Å². The van der Waals surface area contributed by atoms with E-state index in [1.54, 1.807) is 0 Å². The molecule has 1 amide bonds. The maximum absolute atomic E-state index is 12.9. The van der Waals surface area contributed by atoms with Crippen molar-refractivity contribution in [1.29, 1.82) is 0 Å². The minimum Gasteiger partial charge on any atom is -0.333 e. The molecule has 0 aliphatic heterocycles. The van der Waals surface area contributed by atoms with Crippen LogP contribution in [-0.2, 0) is 0 Å². The predicted molar refractivity (Wildman–Crippen MR) is 95.2 cm³/mol. The minimum absolute atomic E-state index is 0.0718. The molecule has 0 aromatic heterocycles. The van der Waals surface area contributed by atoms with Crippen molar-refractivity contribution in [3.05, 3.63) is 31.1 Å². The largest absolute Gasteiger partial charge is 0.333 e. The van der Waals surface area contributed by atoms with E-state index in [1.165, 1.54) is 0 Å². The van der Waals surface area contributed by atoms with Crippen LogP contribution in [0.15, 0.2) is 25.6 Å². The molecule has 2 nitrogen and oxygen atoms in total. The zero-order valence-electron chi connectivity index (χ0n) is 12.2. The second-order valence-corrected chi connectivity index (χ2v) is 7.54. The number of hydrogen-bond acceptors (Lipinski definition) is 1. The molecule has 0 heterocycles. The molecule has 1 rings (SSSR count). The lowest BCUT2D eigenvalue weighted by Gasteiger charge is -2.34. The first-order chi connectivity index (χ1) is 9.33. The summed E-state index contributed by atoms with van der Waals surface area (Å²) in [5.74, 6) is 0.0718. The Morgan fingerprint density at radius 3 is 2.05 bits per heavy atom. The number of hydrogen-bond donors (Lipinski definition) is 0. The molecule has 0 radical (unpaired) electrons. The third kappa shape index (κ3) is 4.08. The Morgan fingerprint density at radius 1 is 1.10 bits per heavy atom. The molecule has 112 valence electrons. The molecule has 0 aliphatic rings. The first kappa shape index (κ1) is 18.2. The summed E-state index contributed by atoms with van der Waals surface area (Å²) in [7, 11) is 0. The van der Waals surface area contributed by atoms with Gasteiger partial charge in [0.1, 0.15) is 0 Å². The van der Waals surface area contributed by atoms with Gasteiger partial charge in [-0.2, -0.15) is 0 Å². The Bertz CT molecular complexity index is 480. The van der Waals surface area contributed by atoms with Gasteiger partial charge < -0.3 is 4.90 Å². The van der Waals surface area contributed by atoms with Crippen molar-refractivity contribution in [2.45, 2.75) is 52.6 Å². The normalized spacial score (nSPS) is 13.9. The molecular formula is C15H20Br3NO. The zero-order valence-corrected chi connectivity index (χ0v) is 17.0. The monoisotopic (exact) mass is 467 g/mol. The van der Waals surface area contributed by atoms with Crippen LogP contribution in [0.4, 0.5) is 0 Å². The molecule has 5 heteroatoms. The molecule has 2 atom stereocenters. The average molecular weight is 470 g/mol. The minimum atomic E-state index is 0.0718. The molecule has 0 saturated carbocycles. The van der Waals surface area contributed by atoms with Crippen molar-refractivity contribution < 1.29 is 4.79 Å². The first-order valence-corrected chi connectivity index (χ1v) is 9.18. The molecule has 2 unspecified atom stereocenters. The number of benzene rings is 1. The Kier molecular flexibility index (Phi) is 7.22. The number of rotatable bonds is 5. The molecule has 0 saturated heterocycles. The zero-order chi connectivity index (χ0) is 15.4.